The first-order chi connectivity index (χ1) is 20.1. The summed E-state index contributed by atoms with van der Waals surface area (Å²) in [5.74, 6) is 0. The Morgan fingerprint density at radius 1 is 0.561 bits per heavy atom. The number of fused-ring (bicyclic) bond motifs is 3. The standard InChI is InChI=1S/C38H27N2O/c1-25-13-20-32-33-21-18-30(23-39)36(29-16-14-28(15-17-29)26-9-5-3-6-10-26)38(33)41-37(32)35(25)34-22-19-31(24-40(34)2)27-11-7-4-8-12-27/h3-22,24H,1-2H3/q+1. The minimum Gasteiger partial charge on any atom is -0.454 e. The molecule has 2 heterocycles. The number of furan rings is 1. The van der Waals surface area contributed by atoms with E-state index in [9.17, 15) is 5.26 Å². The number of benzene rings is 5. The quantitative estimate of drug-likeness (QED) is 0.214. The maximum absolute atomic E-state index is 10.1. The zero-order valence-corrected chi connectivity index (χ0v) is 22.9. The normalized spacial score (nSPS) is 11.1. The minimum absolute atomic E-state index is 0.597. The zero-order valence-electron chi connectivity index (χ0n) is 22.9. The first kappa shape index (κ1) is 24.6. The van der Waals surface area contributed by atoms with Crippen LogP contribution in [0.4, 0.5) is 0 Å². The van der Waals surface area contributed by atoms with Crippen LogP contribution in [0.3, 0.4) is 0 Å². The Morgan fingerprint density at radius 2 is 1.10 bits per heavy atom. The summed E-state index contributed by atoms with van der Waals surface area (Å²) in [6, 6.07) is 44.0. The van der Waals surface area contributed by atoms with Crippen LogP contribution in [0.1, 0.15) is 11.1 Å². The van der Waals surface area contributed by atoms with E-state index in [1.807, 2.05) is 36.4 Å². The molecule has 0 N–H and O–H groups in total. The third-order valence-electron chi connectivity index (χ3n) is 7.92. The highest BCUT2D eigenvalue weighted by Crippen LogP contribution is 2.42. The van der Waals surface area contributed by atoms with Crippen LogP contribution in [0, 0.1) is 18.3 Å². The first-order valence-corrected chi connectivity index (χ1v) is 13.7. The number of hydrogen-bond acceptors (Lipinski definition) is 2. The van der Waals surface area contributed by atoms with Crippen molar-refractivity contribution in [1.82, 2.24) is 0 Å². The molecule has 5 aromatic carbocycles. The molecule has 0 unspecified atom stereocenters. The molecular weight excluding hydrogens is 500 g/mol. The molecule has 2 aromatic heterocycles. The molecular formula is C38H27N2O+. The van der Waals surface area contributed by atoms with E-state index in [4.69, 9.17) is 4.42 Å². The van der Waals surface area contributed by atoms with Crippen molar-refractivity contribution in [3.8, 4) is 50.7 Å². The van der Waals surface area contributed by atoms with Gasteiger partial charge in [0.1, 0.15) is 18.2 Å². The highest BCUT2D eigenvalue weighted by molar-refractivity contribution is 6.14. The number of nitrogens with zero attached hydrogens (tertiary/aromatic N) is 2. The molecule has 0 bridgehead atoms. The fraction of sp³-hybridized carbons (Fsp3) is 0.0526. The predicted octanol–water partition coefficient (Wildman–Crippen LogP) is 9.26. The van der Waals surface area contributed by atoms with Crippen LogP contribution in [0.25, 0.3) is 66.6 Å². The van der Waals surface area contributed by atoms with Gasteiger partial charge >= 0.3 is 0 Å². The van der Waals surface area contributed by atoms with Gasteiger partial charge in [0, 0.05) is 28.0 Å². The van der Waals surface area contributed by atoms with E-state index in [2.05, 4.69) is 116 Å². The molecule has 0 radical (unpaired) electrons. The van der Waals surface area contributed by atoms with E-state index < -0.39 is 0 Å². The smallest absolute Gasteiger partial charge is 0.216 e. The molecule has 3 heteroatoms. The SMILES string of the molecule is Cc1ccc2c(oc3c(-c4ccc(-c5ccccc5)cc4)c(C#N)ccc32)c1-c1ccc(-c2ccccc2)c[n+]1C. The molecule has 194 valence electrons. The summed E-state index contributed by atoms with van der Waals surface area (Å²) >= 11 is 0. The average Bonchev–Trinajstić information content (AvgIpc) is 3.40. The molecule has 0 spiro atoms. The van der Waals surface area contributed by atoms with Gasteiger partial charge < -0.3 is 4.42 Å². The van der Waals surface area contributed by atoms with Crippen molar-refractivity contribution in [2.24, 2.45) is 7.05 Å². The van der Waals surface area contributed by atoms with Crippen molar-refractivity contribution in [2.45, 2.75) is 6.92 Å². The fourth-order valence-corrected chi connectivity index (χ4v) is 5.83. The third kappa shape index (κ3) is 4.18. The molecule has 0 saturated heterocycles. The summed E-state index contributed by atoms with van der Waals surface area (Å²) in [7, 11) is 2.08. The van der Waals surface area contributed by atoms with E-state index in [1.54, 1.807) is 0 Å². The summed E-state index contributed by atoms with van der Waals surface area (Å²) < 4.78 is 8.94. The van der Waals surface area contributed by atoms with Crippen LogP contribution in [-0.2, 0) is 7.05 Å². The van der Waals surface area contributed by atoms with Gasteiger partial charge in [-0.15, -0.1) is 0 Å². The van der Waals surface area contributed by atoms with Gasteiger partial charge in [-0.25, -0.2) is 4.57 Å². The van der Waals surface area contributed by atoms with E-state index in [0.717, 1.165) is 66.6 Å². The van der Waals surface area contributed by atoms with Crippen molar-refractivity contribution < 1.29 is 8.98 Å². The van der Waals surface area contributed by atoms with Crippen LogP contribution in [0.2, 0.25) is 0 Å². The topological polar surface area (TPSA) is 40.8 Å². The van der Waals surface area contributed by atoms with Crippen LogP contribution >= 0.6 is 0 Å². The molecule has 0 aliphatic heterocycles. The zero-order chi connectivity index (χ0) is 27.9. The summed E-state index contributed by atoms with van der Waals surface area (Å²) in [6.45, 7) is 2.12. The molecule has 0 aliphatic carbocycles. The minimum atomic E-state index is 0.597. The van der Waals surface area contributed by atoms with Crippen molar-refractivity contribution >= 4 is 21.9 Å². The summed E-state index contributed by atoms with van der Waals surface area (Å²) in [5.41, 5.74) is 11.9. The Labute approximate surface area is 239 Å². The Bertz CT molecular complexity index is 2100. The number of nitriles is 1. The monoisotopic (exact) mass is 527 g/mol. The lowest BCUT2D eigenvalue weighted by Crippen LogP contribution is -2.30. The number of pyridine rings is 1. The first-order valence-electron chi connectivity index (χ1n) is 13.7. The van der Waals surface area contributed by atoms with Gasteiger partial charge in [0.05, 0.1) is 17.2 Å². The van der Waals surface area contributed by atoms with Gasteiger partial charge in [-0.05, 0) is 52.9 Å². The Balaban J connectivity index is 1.41. The maximum atomic E-state index is 10.1. The number of rotatable bonds is 4. The second-order valence-corrected chi connectivity index (χ2v) is 10.4. The van der Waals surface area contributed by atoms with Gasteiger partial charge in [-0.2, -0.15) is 5.26 Å². The lowest BCUT2D eigenvalue weighted by Gasteiger charge is -2.08. The Morgan fingerprint density at radius 3 is 1.73 bits per heavy atom. The highest BCUT2D eigenvalue weighted by Gasteiger charge is 2.23. The second-order valence-electron chi connectivity index (χ2n) is 10.4. The van der Waals surface area contributed by atoms with Gasteiger partial charge in [-0.1, -0.05) is 97.1 Å². The second kappa shape index (κ2) is 9.93. The molecule has 0 amide bonds. The number of aryl methyl sites for hydroxylation is 2. The molecule has 0 fully saturated rings. The lowest BCUT2D eigenvalue weighted by atomic mass is 9.94. The Hall–Kier alpha value is -5.46. The van der Waals surface area contributed by atoms with Crippen molar-refractivity contribution in [3.63, 3.8) is 0 Å². The van der Waals surface area contributed by atoms with Crippen LogP contribution in [0.15, 0.2) is 132 Å². The van der Waals surface area contributed by atoms with E-state index in [1.165, 1.54) is 5.56 Å². The van der Waals surface area contributed by atoms with E-state index >= 15 is 0 Å². The fourth-order valence-electron chi connectivity index (χ4n) is 5.83. The maximum Gasteiger partial charge on any atom is 0.216 e. The molecule has 7 aromatic rings. The Kier molecular flexibility index (Phi) is 5.95. The average molecular weight is 528 g/mol. The van der Waals surface area contributed by atoms with Crippen LogP contribution in [0.5, 0.6) is 0 Å². The van der Waals surface area contributed by atoms with Crippen molar-refractivity contribution in [2.75, 3.05) is 0 Å². The highest BCUT2D eigenvalue weighted by atomic mass is 16.3. The lowest BCUT2D eigenvalue weighted by molar-refractivity contribution is -0.659. The molecule has 41 heavy (non-hydrogen) atoms. The molecule has 0 atom stereocenters. The van der Waals surface area contributed by atoms with Gasteiger partial charge in [0.25, 0.3) is 0 Å². The number of aromatic nitrogens is 1. The van der Waals surface area contributed by atoms with E-state index in [-0.39, 0.29) is 0 Å². The molecule has 0 aliphatic rings. The van der Waals surface area contributed by atoms with Gasteiger partial charge in [0.15, 0.2) is 6.20 Å². The van der Waals surface area contributed by atoms with E-state index in [0.29, 0.717) is 5.56 Å². The summed E-state index contributed by atoms with van der Waals surface area (Å²) in [6.07, 6.45) is 2.17. The third-order valence-corrected chi connectivity index (χ3v) is 7.92. The number of hydrogen-bond donors (Lipinski definition) is 0. The largest absolute Gasteiger partial charge is 0.454 e. The van der Waals surface area contributed by atoms with Gasteiger partial charge in [0.2, 0.25) is 5.69 Å². The van der Waals surface area contributed by atoms with Gasteiger partial charge in [-0.3, -0.25) is 0 Å². The van der Waals surface area contributed by atoms with Crippen molar-refractivity contribution in [3.05, 3.63) is 139 Å². The molecule has 0 saturated carbocycles. The van der Waals surface area contributed by atoms with Crippen LogP contribution in [-0.4, -0.2) is 0 Å². The summed E-state index contributed by atoms with van der Waals surface area (Å²) in [4.78, 5) is 0. The summed E-state index contributed by atoms with van der Waals surface area (Å²) in [5, 5.41) is 12.1. The van der Waals surface area contributed by atoms with Crippen molar-refractivity contribution in [1.29, 1.82) is 5.26 Å². The molecule has 7 rings (SSSR count). The predicted molar refractivity (Wildman–Crippen MR) is 166 cm³/mol. The van der Waals surface area contributed by atoms with Crippen LogP contribution < -0.4 is 4.57 Å². The molecule has 3 nitrogen and oxygen atoms in total.